The van der Waals surface area contributed by atoms with E-state index < -0.39 is 15.7 Å². The van der Waals surface area contributed by atoms with Crippen molar-refractivity contribution in [3.63, 3.8) is 0 Å². The topological polar surface area (TPSA) is 108 Å². The number of ether oxygens (including phenoxy) is 2. The molecule has 1 heterocycles. The molecule has 164 valence electrons. The van der Waals surface area contributed by atoms with Crippen molar-refractivity contribution in [1.82, 2.24) is 5.16 Å². The molecule has 0 spiro atoms. The van der Waals surface area contributed by atoms with Crippen LogP contribution in [0.15, 0.2) is 51.9 Å². The van der Waals surface area contributed by atoms with Gasteiger partial charge in [0.25, 0.3) is 0 Å². The van der Waals surface area contributed by atoms with Crippen LogP contribution in [-0.2, 0) is 14.6 Å². The van der Waals surface area contributed by atoms with Crippen LogP contribution in [-0.4, -0.2) is 39.5 Å². The number of methoxy groups -OCH3 is 2. The number of carbonyl (C=O) groups is 1. The standard InChI is InChI=1S/C22H24N2O6S/c1-14-5-6-16(19-11-15(2)24-30-19)12-21(14)31(26,27)10-9-22(25)23-18-8-7-17(28-3)13-20(18)29-4/h5-8,11-13H,9-10H2,1-4H3,(H,23,25). The van der Waals surface area contributed by atoms with Gasteiger partial charge in [-0.3, -0.25) is 4.79 Å². The van der Waals surface area contributed by atoms with Gasteiger partial charge in [0.1, 0.15) is 11.5 Å². The highest BCUT2D eigenvalue weighted by Crippen LogP contribution is 2.30. The monoisotopic (exact) mass is 444 g/mol. The number of nitrogens with zero attached hydrogens (tertiary/aromatic N) is 1. The largest absolute Gasteiger partial charge is 0.497 e. The Morgan fingerprint density at radius 1 is 1.06 bits per heavy atom. The van der Waals surface area contributed by atoms with Crippen molar-refractivity contribution in [2.45, 2.75) is 25.2 Å². The Kier molecular flexibility index (Phi) is 6.65. The molecule has 1 N–H and O–H groups in total. The number of hydrogen-bond acceptors (Lipinski definition) is 7. The van der Waals surface area contributed by atoms with E-state index in [1.165, 1.54) is 14.2 Å². The lowest BCUT2D eigenvalue weighted by molar-refractivity contribution is -0.115. The van der Waals surface area contributed by atoms with Gasteiger partial charge in [0.15, 0.2) is 15.6 Å². The van der Waals surface area contributed by atoms with Crippen molar-refractivity contribution < 1.29 is 27.2 Å². The van der Waals surface area contributed by atoms with Crippen molar-refractivity contribution in [2.75, 3.05) is 25.3 Å². The van der Waals surface area contributed by atoms with Crippen molar-refractivity contribution in [1.29, 1.82) is 0 Å². The van der Waals surface area contributed by atoms with Crippen LogP contribution in [0.2, 0.25) is 0 Å². The zero-order chi connectivity index (χ0) is 22.6. The van der Waals surface area contributed by atoms with Crippen LogP contribution < -0.4 is 14.8 Å². The fraction of sp³-hybridized carbons (Fsp3) is 0.273. The van der Waals surface area contributed by atoms with E-state index in [2.05, 4.69) is 10.5 Å². The molecule has 0 aliphatic carbocycles. The van der Waals surface area contributed by atoms with E-state index in [0.717, 1.165) is 0 Å². The van der Waals surface area contributed by atoms with E-state index >= 15 is 0 Å². The van der Waals surface area contributed by atoms with Crippen LogP contribution in [0, 0.1) is 13.8 Å². The molecule has 0 aliphatic heterocycles. The van der Waals surface area contributed by atoms with Gasteiger partial charge in [-0.1, -0.05) is 17.3 Å². The molecule has 0 unspecified atom stereocenters. The molecule has 0 bridgehead atoms. The molecule has 0 saturated heterocycles. The molecule has 0 radical (unpaired) electrons. The Morgan fingerprint density at radius 3 is 2.48 bits per heavy atom. The zero-order valence-electron chi connectivity index (χ0n) is 17.8. The highest BCUT2D eigenvalue weighted by atomic mass is 32.2. The minimum Gasteiger partial charge on any atom is -0.497 e. The summed E-state index contributed by atoms with van der Waals surface area (Å²) >= 11 is 0. The summed E-state index contributed by atoms with van der Waals surface area (Å²) in [5.41, 5.74) is 2.34. The number of aromatic nitrogens is 1. The molecule has 0 saturated carbocycles. The fourth-order valence-electron chi connectivity index (χ4n) is 3.04. The number of amides is 1. The Hall–Kier alpha value is -3.33. The Labute approximate surface area is 181 Å². The summed E-state index contributed by atoms with van der Waals surface area (Å²) in [6.07, 6.45) is -0.206. The van der Waals surface area contributed by atoms with E-state index in [-0.39, 0.29) is 17.1 Å². The maximum absolute atomic E-state index is 12.9. The van der Waals surface area contributed by atoms with Gasteiger partial charge < -0.3 is 19.3 Å². The van der Waals surface area contributed by atoms with E-state index in [1.807, 2.05) is 0 Å². The number of aryl methyl sites for hydroxylation is 2. The SMILES string of the molecule is COc1ccc(NC(=O)CCS(=O)(=O)c2cc(-c3cc(C)no3)ccc2C)c(OC)c1. The zero-order valence-corrected chi connectivity index (χ0v) is 18.6. The second-order valence-electron chi connectivity index (χ2n) is 7.00. The maximum atomic E-state index is 12.9. The molecule has 3 rings (SSSR count). The second kappa shape index (κ2) is 9.22. The van der Waals surface area contributed by atoms with E-state index in [4.69, 9.17) is 14.0 Å². The molecule has 1 amide bonds. The highest BCUT2D eigenvalue weighted by Gasteiger charge is 2.21. The fourth-order valence-corrected chi connectivity index (χ4v) is 4.58. The average Bonchev–Trinajstić information content (AvgIpc) is 3.19. The summed E-state index contributed by atoms with van der Waals surface area (Å²) in [5, 5.41) is 6.52. The summed E-state index contributed by atoms with van der Waals surface area (Å²) in [5.74, 6) is 0.706. The van der Waals surface area contributed by atoms with Crippen LogP contribution in [0.1, 0.15) is 17.7 Å². The Balaban J connectivity index is 1.73. The normalized spacial score (nSPS) is 11.2. The van der Waals surface area contributed by atoms with E-state index in [9.17, 15) is 13.2 Å². The first-order chi connectivity index (χ1) is 14.7. The average molecular weight is 445 g/mol. The molecule has 1 aromatic heterocycles. The number of rotatable bonds is 8. The smallest absolute Gasteiger partial charge is 0.225 e. The van der Waals surface area contributed by atoms with Gasteiger partial charge in [0, 0.05) is 24.1 Å². The van der Waals surface area contributed by atoms with Crippen molar-refractivity contribution >= 4 is 21.4 Å². The van der Waals surface area contributed by atoms with Crippen LogP contribution in [0.5, 0.6) is 11.5 Å². The molecule has 8 nitrogen and oxygen atoms in total. The van der Waals surface area contributed by atoms with Crippen molar-refractivity contribution in [3.8, 4) is 22.8 Å². The van der Waals surface area contributed by atoms with Crippen LogP contribution in [0.4, 0.5) is 5.69 Å². The summed E-state index contributed by atoms with van der Waals surface area (Å²) in [7, 11) is -0.703. The van der Waals surface area contributed by atoms with Crippen molar-refractivity contribution in [2.24, 2.45) is 0 Å². The third-order valence-electron chi connectivity index (χ3n) is 4.72. The van der Waals surface area contributed by atoms with Gasteiger partial charge in [0.2, 0.25) is 5.91 Å². The van der Waals surface area contributed by atoms with E-state index in [1.54, 1.807) is 56.3 Å². The molecule has 0 fully saturated rings. The Bertz CT molecular complexity index is 1200. The predicted octanol–water partition coefficient (Wildman–Crippen LogP) is 3.78. The maximum Gasteiger partial charge on any atom is 0.225 e. The first kappa shape index (κ1) is 22.4. The minimum absolute atomic E-state index is 0.161. The molecule has 3 aromatic rings. The third-order valence-corrected chi connectivity index (χ3v) is 6.57. The van der Waals surface area contributed by atoms with Crippen LogP contribution in [0.25, 0.3) is 11.3 Å². The lowest BCUT2D eigenvalue weighted by Crippen LogP contribution is -2.18. The Morgan fingerprint density at radius 2 is 1.84 bits per heavy atom. The first-order valence-corrected chi connectivity index (χ1v) is 11.2. The van der Waals surface area contributed by atoms with E-state index in [0.29, 0.717) is 39.8 Å². The van der Waals surface area contributed by atoms with Gasteiger partial charge in [-0.2, -0.15) is 0 Å². The molecule has 0 atom stereocenters. The lowest BCUT2D eigenvalue weighted by Gasteiger charge is -2.12. The van der Waals surface area contributed by atoms with Gasteiger partial charge >= 0.3 is 0 Å². The highest BCUT2D eigenvalue weighted by molar-refractivity contribution is 7.91. The molecule has 2 aromatic carbocycles. The summed E-state index contributed by atoms with van der Waals surface area (Å²) in [6, 6.07) is 11.7. The lowest BCUT2D eigenvalue weighted by atomic mass is 10.1. The molecule has 0 aliphatic rings. The number of anilines is 1. The molecular weight excluding hydrogens is 420 g/mol. The number of benzene rings is 2. The van der Waals surface area contributed by atoms with Gasteiger partial charge in [-0.05, 0) is 37.6 Å². The summed E-state index contributed by atoms with van der Waals surface area (Å²) in [4.78, 5) is 12.6. The third kappa shape index (κ3) is 5.24. The van der Waals surface area contributed by atoms with Crippen LogP contribution in [0.3, 0.4) is 0 Å². The van der Waals surface area contributed by atoms with Crippen molar-refractivity contribution in [3.05, 3.63) is 53.7 Å². The summed E-state index contributed by atoms with van der Waals surface area (Å²) < 4.78 is 41.5. The number of nitrogens with one attached hydrogen (secondary N) is 1. The van der Waals surface area contributed by atoms with Gasteiger partial charge in [-0.15, -0.1) is 0 Å². The number of sulfone groups is 1. The number of carbonyl (C=O) groups excluding carboxylic acids is 1. The summed E-state index contributed by atoms with van der Waals surface area (Å²) in [6.45, 7) is 3.50. The molecular formula is C22H24N2O6S. The van der Waals surface area contributed by atoms with Gasteiger partial charge in [-0.25, -0.2) is 8.42 Å². The first-order valence-electron chi connectivity index (χ1n) is 9.52. The predicted molar refractivity (Wildman–Crippen MR) is 116 cm³/mol. The minimum atomic E-state index is -3.70. The molecule has 31 heavy (non-hydrogen) atoms. The quantitative estimate of drug-likeness (QED) is 0.563. The number of hydrogen-bond donors (Lipinski definition) is 1. The molecule has 9 heteroatoms. The van der Waals surface area contributed by atoms with Gasteiger partial charge in [0.05, 0.1) is 36.2 Å². The second-order valence-corrected chi connectivity index (χ2v) is 9.07. The van der Waals surface area contributed by atoms with Crippen LogP contribution >= 0.6 is 0 Å².